The lowest BCUT2D eigenvalue weighted by atomic mass is 10.1. The molecule has 2 aliphatic heterocycles. The van der Waals surface area contributed by atoms with Crippen LogP contribution in [0.25, 0.3) is 6.08 Å². The number of hydrogen-bond acceptors (Lipinski definition) is 7. The summed E-state index contributed by atoms with van der Waals surface area (Å²) in [6.07, 6.45) is 4.78. The van der Waals surface area contributed by atoms with Crippen LogP contribution in [0.15, 0.2) is 45.8 Å². The number of benzene rings is 2. The fourth-order valence-corrected chi connectivity index (χ4v) is 5.83. The van der Waals surface area contributed by atoms with Gasteiger partial charge in [0.15, 0.2) is 22.4 Å². The van der Waals surface area contributed by atoms with Gasteiger partial charge in [-0.1, -0.05) is 35.5 Å². The predicted octanol–water partition coefficient (Wildman–Crippen LogP) is 5.05. The van der Waals surface area contributed by atoms with E-state index in [1.165, 1.54) is 7.11 Å². The molecule has 194 valence electrons. The monoisotopic (exact) mass is 623 g/mol. The number of amides is 3. The van der Waals surface area contributed by atoms with Gasteiger partial charge >= 0.3 is 0 Å². The quantitative estimate of drug-likeness (QED) is 0.341. The van der Waals surface area contributed by atoms with Crippen LogP contribution in [0, 0.1) is 0 Å². The number of hydrazine groups is 1. The van der Waals surface area contributed by atoms with Gasteiger partial charge in [-0.05, 0) is 83.3 Å². The molecule has 3 amide bonds. The summed E-state index contributed by atoms with van der Waals surface area (Å²) in [7, 11) is 1.49. The van der Waals surface area contributed by atoms with Gasteiger partial charge in [0.2, 0.25) is 0 Å². The highest BCUT2D eigenvalue weighted by Gasteiger charge is 2.34. The zero-order valence-electron chi connectivity index (χ0n) is 19.8. The van der Waals surface area contributed by atoms with E-state index in [4.69, 9.17) is 33.3 Å². The van der Waals surface area contributed by atoms with Gasteiger partial charge in [0, 0.05) is 13.1 Å². The van der Waals surface area contributed by atoms with Crippen molar-refractivity contribution in [2.24, 2.45) is 0 Å². The highest BCUT2D eigenvalue weighted by molar-refractivity contribution is 9.10. The molecule has 2 fully saturated rings. The van der Waals surface area contributed by atoms with E-state index in [0.29, 0.717) is 26.4 Å². The van der Waals surface area contributed by atoms with Crippen molar-refractivity contribution in [3.8, 4) is 11.5 Å². The predicted molar refractivity (Wildman–Crippen MR) is 151 cm³/mol. The molecule has 0 spiro atoms. The van der Waals surface area contributed by atoms with Crippen LogP contribution in [0.4, 0.5) is 0 Å². The Hall–Kier alpha value is -2.60. The zero-order chi connectivity index (χ0) is 26.5. The minimum Gasteiger partial charge on any atom is -0.493 e. The summed E-state index contributed by atoms with van der Waals surface area (Å²) in [6.45, 7) is 1.39. The van der Waals surface area contributed by atoms with Gasteiger partial charge in [-0.3, -0.25) is 19.8 Å². The van der Waals surface area contributed by atoms with Gasteiger partial charge in [-0.2, -0.15) is 5.01 Å². The minimum absolute atomic E-state index is 0.0692. The van der Waals surface area contributed by atoms with Gasteiger partial charge in [-0.25, -0.2) is 0 Å². The Balaban J connectivity index is 1.47. The van der Waals surface area contributed by atoms with Crippen molar-refractivity contribution in [3.63, 3.8) is 0 Å². The van der Waals surface area contributed by atoms with Crippen molar-refractivity contribution < 1.29 is 23.9 Å². The van der Waals surface area contributed by atoms with Crippen LogP contribution in [-0.4, -0.2) is 58.8 Å². The lowest BCUT2D eigenvalue weighted by Gasteiger charge is -2.26. The SMILES string of the molecule is COc1cc(/C=C2/SC(=S)N(NC(=O)c3ccccc3Cl)C2=O)cc(Br)c1OCC(=O)N1CCCCC1. The van der Waals surface area contributed by atoms with Gasteiger partial charge in [0.05, 0.1) is 27.1 Å². The molecule has 8 nitrogen and oxygen atoms in total. The van der Waals surface area contributed by atoms with Crippen LogP contribution in [0.5, 0.6) is 11.5 Å². The molecule has 0 saturated carbocycles. The number of ether oxygens (including phenoxy) is 2. The Kier molecular flexibility index (Phi) is 9.12. The first-order valence-corrected chi connectivity index (χ1v) is 13.8. The number of rotatable bonds is 7. The molecule has 0 aromatic heterocycles. The number of likely N-dealkylation sites (tertiary alicyclic amines) is 1. The molecule has 2 aliphatic rings. The van der Waals surface area contributed by atoms with Crippen molar-refractivity contribution in [1.29, 1.82) is 0 Å². The van der Waals surface area contributed by atoms with Crippen molar-refractivity contribution in [3.05, 3.63) is 61.9 Å². The first-order valence-electron chi connectivity index (χ1n) is 11.4. The summed E-state index contributed by atoms with van der Waals surface area (Å²) in [6, 6.07) is 9.96. The molecule has 12 heteroatoms. The maximum atomic E-state index is 13.0. The Bertz CT molecular complexity index is 1280. The van der Waals surface area contributed by atoms with E-state index in [1.807, 2.05) is 4.90 Å². The largest absolute Gasteiger partial charge is 0.493 e. The summed E-state index contributed by atoms with van der Waals surface area (Å²) < 4.78 is 12.0. The Morgan fingerprint density at radius 1 is 1.22 bits per heavy atom. The standard InChI is InChI=1S/C25H23BrClN3O5S2/c1-34-19-12-15(11-17(26)22(19)35-14-21(31)29-9-5-2-6-10-29)13-20-24(33)30(25(36)37-20)28-23(32)16-7-3-4-8-18(16)27/h3-4,7-8,11-13H,2,5-6,9-10,14H2,1H3,(H,28,32)/b20-13+. The fourth-order valence-electron chi connectivity index (χ4n) is 3.85. The minimum atomic E-state index is -0.548. The van der Waals surface area contributed by atoms with Crippen molar-refractivity contribution in [2.75, 3.05) is 26.8 Å². The Morgan fingerprint density at radius 2 is 1.95 bits per heavy atom. The van der Waals surface area contributed by atoms with Gasteiger partial charge in [0.25, 0.3) is 17.7 Å². The molecule has 37 heavy (non-hydrogen) atoms. The number of piperidine rings is 1. The summed E-state index contributed by atoms with van der Waals surface area (Å²) >= 11 is 15.9. The number of thioether (sulfide) groups is 1. The van der Waals surface area contributed by atoms with Gasteiger partial charge < -0.3 is 14.4 Å². The number of thiocarbonyl (C=S) groups is 1. The number of carbonyl (C=O) groups excluding carboxylic acids is 3. The molecule has 2 aromatic carbocycles. The molecule has 0 aliphatic carbocycles. The first kappa shape index (κ1) is 27.4. The molecule has 0 bridgehead atoms. The molecule has 0 atom stereocenters. The van der Waals surface area contributed by atoms with E-state index in [9.17, 15) is 14.4 Å². The molecule has 2 saturated heterocycles. The molecule has 2 aromatic rings. The van der Waals surface area contributed by atoms with Crippen molar-refractivity contribution in [2.45, 2.75) is 19.3 Å². The second-order valence-corrected chi connectivity index (χ2v) is 11.1. The second-order valence-electron chi connectivity index (χ2n) is 8.20. The van der Waals surface area contributed by atoms with E-state index in [2.05, 4.69) is 21.4 Å². The first-order chi connectivity index (χ1) is 17.8. The van der Waals surface area contributed by atoms with E-state index < -0.39 is 11.8 Å². The summed E-state index contributed by atoms with van der Waals surface area (Å²) in [4.78, 5) is 40.2. The summed E-state index contributed by atoms with van der Waals surface area (Å²) in [5.41, 5.74) is 3.38. The van der Waals surface area contributed by atoms with E-state index in [0.717, 1.165) is 49.1 Å². The number of halogens is 2. The normalized spacial score (nSPS) is 16.8. The number of carbonyl (C=O) groups is 3. The number of nitrogens with one attached hydrogen (secondary N) is 1. The smallest absolute Gasteiger partial charge is 0.285 e. The third-order valence-corrected chi connectivity index (χ3v) is 7.94. The van der Waals surface area contributed by atoms with E-state index in [-0.39, 0.29) is 27.4 Å². The number of nitrogens with zero attached hydrogens (tertiary/aromatic N) is 2. The van der Waals surface area contributed by atoms with Crippen molar-refractivity contribution >= 4 is 79.6 Å². The average Bonchev–Trinajstić information content (AvgIpc) is 3.15. The molecular weight excluding hydrogens is 602 g/mol. The summed E-state index contributed by atoms with van der Waals surface area (Å²) in [5, 5.41) is 1.28. The Morgan fingerprint density at radius 3 is 2.65 bits per heavy atom. The number of hydrogen-bond donors (Lipinski definition) is 1. The summed E-state index contributed by atoms with van der Waals surface area (Å²) in [5.74, 6) is -0.300. The van der Waals surface area contributed by atoms with Crippen molar-refractivity contribution in [1.82, 2.24) is 15.3 Å². The maximum Gasteiger partial charge on any atom is 0.285 e. The lowest BCUT2D eigenvalue weighted by Crippen LogP contribution is -2.44. The average molecular weight is 625 g/mol. The topological polar surface area (TPSA) is 88.2 Å². The molecule has 1 N–H and O–H groups in total. The second kappa shape index (κ2) is 12.3. The van der Waals surface area contributed by atoms with Crippen LogP contribution in [0.1, 0.15) is 35.2 Å². The van der Waals surface area contributed by atoms with Crippen LogP contribution in [-0.2, 0) is 9.59 Å². The van der Waals surface area contributed by atoms with Crippen LogP contribution >= 0.6 is 51.5 Å². The van der Waals surface area contributed by atoms with E-state index >= 15 is 0 Å². The van der Waals surface area contributed by atoms with Crippen LogP contribution in [0.3, 0.4) is 0 Å². The molecule has 0 radical (unpaired) electrons. The third kappa shape index (κ3) is 6.46. The Labute approximate surface area is 237 Å². The van der Waals surface area contributed by atoms with Gasteiger partial charge in [0.1, 0.15) is 0 Å². The van der Waals surface area contributed by atoms with Gasteiger partial charge in [-0.15, -0.1) is 0 Å². The van der Waals surface area contributed by atoms with Crippen LogP contribution in [0.2, 0.25) is 5.02 Å². The fraction of sp³-hybridized carbons (Fsp3) is 0.280. The van der Waals surface area contributed by atoms with Crippen LogP contribution < -0.4 is 14.9 Å². The molecule has 0 unspecified atom stereocenters. The number of methoxy groups -OCH3 is 1. The molecule has 4 rings (SSSR count). The molecule has 2 heterocycles. The zero-order valence-corrected chi connectivity index (χ0v) is 23.8. The lowest BCUT2D eigenvalue weighted by molar-refractivity contribution is -0.134. The highest BCUT2D eigenvalue weighted by atomic mass is 79.9. The van der Waals surface area contributed by atoms with E-state index in [1.54, 1.807) is 42.5 Å². The third-order valence-electron chi connectivity index (χ3n) is 5.72. The molecular formula is C25H23BrClN3O5S2. The maximum absolute atomic E-state index is 13.0. The highest BCUT2D eigenvalue weighted by Crippen LogP contribution is 2.39.